The molecule has 0 saturated heterocycles. The van der Waals surface area contributed by atoms with Crippen molar-refractivity contribution < 1.29 is 9.53 Å². The molecule has 20 heavy (non-hydrogen) atoms. The van der Waals surface area contributed by atoms with Crippen LogP contribution >= 0.6 is 0 Å². The van der Waals surface area contributed by atoms with Crippen molar-refractivity contribution in [1.82, 2.24) is 0 Å². The molecule has 0 fully saturated rings. The number of rotatable bonds is 4. The van der Waals surface area contributed by atoms with Gasteiger partial charge in [0.25, 0.3) is 0 Å². The molecule has 102 valence electrons. The van der Waals surface area contributed by atoms with E-state index in [9.17, 15) is 4.79 Å². The van der Waals surface area contributed by atoms with Crippen molar-refractivity contribution in [3.8, 4) is 6.07 Å². The van der Waals surface area contributed by atoms with Gasteiger partial charge in [-0.1, -0.05) is 6.07 Å². The summed E-state index contributed by atoms with van der Waals surface area (Å²) in [6.07, 6.45) is 0. The quantitative estimate of drug-likeness (QED) is 0.226. The van der Waals surface area contributed by atoms with Crippen LogP contribution < -0.4 is 5.32 Å². The van der Waals surface area contributed by atoms with Gasteiger partial charge in [-0.05, 0) is 47.8 Å². The third-order valence-electron chi connectivity index (χ3n) is 2.65. The molecule has 7 heteroatoms. The lowest BCUT2D eigenvalue weighted by atomic mass is 10.1. The van der Waals surface area contributed by atoms with Gasteiger partial charge in [-0.3, -0.25) is 0 Å². The number of benzene rings is 1. The monoisotopic (exact) mass is 271 g/mol. The van der Waals surface area contributed by atoms with Crippen molar-refractivity contribution in [3.05, 3.63) is 51.2 Å². The topological polar surface area (TPSA) is 111 Å². The summed E-state index contributed by atoms with van der Waals surface area (Å²) < 4.78 is 4.47. The van der Waals surface area contributed by atoms with E-state index < -0.39 is 5.97 Å². The molecular formula is C13H13N5O2. The molecular weight excluding hydrogens is 258 g/mol. The fourth-order valence-electron chi connectivity index (χ4n) is 1.44. The Labute approximate surface area is 116 Å². The van der Waals surface area contributed by atoms with Crippen LogP contribution in [0.3, 0.4) is 0 Å². The second kappa shape index (κ2) is 6.83. The molecule has 1 N–H and O–H groups in total. The maximum absolute atomic E-state index is 11.4. The molecule has 0 aliphatic rings. The predicted molar refractivity (Wildman–Crippen MR) is 73.3 cm³/mol. The van der Waals surface area contributed by atoms with Crippen LogP contribution in [0.25, 0.3) is 10.4 Å². The molecule has 0 radical (unpaired) electrons. The number of ether oxygens (including phenoxy) is 1. The van der Waals surface area contributed by atoms with Crippen LogP contribution in [-0.2, 0) is 9.53 Å². The zero-order valence-electron chi connectivity index (χ0n) is 11.3. The van der Waals surface area contributed by atoms with Crippen molar-refractivity contribution in [3.63, 3.8) is 0 Å². The molecule has 0 bridgehead atoms. The van der Waals surface area contributed by atoms with Crippen molar-refractivity contribution in [2.24, 2.45) is 5.11 Å². The van der Waals surface area contributed by atoms with E-state index in [-0.39, 0.29) is 11.4 Å². The molecule has 0 spiro atoms. The molecule has 7 nitrogen and oxygen atoms in total. The number of esters is 1. The number of nitrogens with zero attached hydrogens (tertiary/aromatic N) is 4. The summed E-state index contributed by atoms with van der Waals surface area (Å²) >= 11 is 0. The minimum atomic E-state index is -0.869. The van der Waals surface area contributed by atoms with Crippen LogP contribution in [0.4, 0.5) is 5.69 Å². The van der Waals surface area contributed by atoms with Crippen molar-refractivity contribution >= 4 is 11.7 Å². The first-order valence-corrected chi connectivity index (χ1v) is 5.65. The lowest BCUT2D eigenvalue weighted by molar-refractivity contribution is -0.135. The van der Waals surface area contributed by atoms with Crippen LogP contribution in [0.1, 0.15) is 11.1 Å². The second-order valence-corrected chi connectivity index (χ2v) is 3.94. The predicted octanol–water partition coefficient (Wildman–Crippen LogP) is 2.93. The average Bonchev–Trinajstić information content (AvgIpc) is 2.43. The van der Waals surface area contributed by atoms with Gasteiger partial charge >= 0.3 is 5.97 Å². The zero-order chi connectivity index (χ0) is 15.1. The maximum atomic E-state index is 11.4. The Hall–Kier alpha value is -2.97. The Balaban J connectivity index is 3.25. The van der Waals surface area contributed by atoms with E-state index in [0.717, 1.165) is 18.2 Å². The number of carbonyl (C=O) groups excluding carboxylic acids is 1. The van der Waals surface area contributed by atoms with E-state index in [1.165, 1.54) is 0 Å². The average molecular weight is 271 g/mol. The normalized spacial score (nSPS) is 10.7. The van der Waals surface area contributed by atoms with E-state index in [2.05, 4.69) is 20.1 Å². The maximum Gasteiger partial charge on any atom is 0.350 e. The summed E-state index contributed by atoms with van der Waals surface area (Å²) in [6, 6.07) is 7.10. The Morgan fingerprint density at radius 2 is 2.15 bits per heavy atom. The summed E-state index contributed by atoms with van der Waals surface area (Å²) in [5, 5.41) is 15.1. The van der Waals surface area contributed by atoms with E-state index >= 15 is 0 Å². The molecule has 1 rings (SSSR count). The van der Waals surface area contributed by atoms with Gasteiger partial charge < -0.3 is 10.1 Å². The Morgan fingerprint density at radius 1 is 1.45 bits per heavy atom. The SMILES string of the molecule is COC(=O)/C(C#N)=C(/N=[N+]=[N-])Nc1ccc(C)c(C)c1. The molecule has 1 aromatic carbocycles. The lowest BCUT2D eigenvalue weighted by Gasteiger charge is -2.09. The summed E-state index contributed by atoms with van der Waals surface area (Å²) in [5.74, 6) is -1.06. The van der Waals surface area contributed by atoms with Gasteiger partial charge in [-0.2, -0.15) is 5.26 Å². The van der Waals surface area contributed by atoms with E-state index in [1.54, 1.807) is 12.1 Å². The highest BCUT2D eigenvalue weighted by molar-refractivity contribution is 5.94. The van der Waals surface area contributed by atoms with Crippen LogP contribution in [0.2, 0.25) is 0 Å². The Kier molecular flexibility index (Phi) is 5.15. The lowest BCUT2D eigenvalue weighted by Crippen LogP contribution is -2.10. The van der Waals surface area contributed by atoms with Gasteiger partial charge in [0.15, 0.2) is 5.57 Å². The van der Waals surface area contributed by atoms with Gasteiger partial charge in [-0.15, -0.1) is 0 Å². The van der Waals surface area contributed by atoms with Crippen molar-refractivity contribution in [1.29, 1.82) is 5.26 Å². The largest absolute Gasteiger partial charge is 0.465 e. The van der Waals surface area contributed by atoms with E-state index in [4.69, 9.17) is 10.8 Å². The number of methoxy groups -OCH3 is 1. The number of aryl methyl sites for hydroxylation is 2. The van der Waals surface area contributed by atoms with Gasteiger partial charge in [-0.25, -0.2) is 4.79 Å². The molecule has 0 aliphatic heterocycles. The first-order valence-electron chi connectivity index (χ1n) is 5.65. The minimum Gasteiger partial charge on any atom is -0.465 e. The highest BCUT2D eigenvalue weighted by Crippen LogP contribution is 2.18. The van der Waals surface area contributed by atoms with Gasteiger partial charge in [0.1, 0.15) is 11.9 Å². The summed E-state index contributed by atoms with van der Waals surface area (Å²) in [5.41, 5.74) is 10.9. The van der Waals surface area contributed by atoms with Crippen LogP contribution in [0.15, 0.2) is 34.7 Å². The van der Waals surface area contributed by atoms with Gasteiger partial charge in [0, 0.05) is 10.6 Å². The molecule has 0 saturated carbocycles. The number of nitriles is 1. The number of hydrogen-bond donors (Lipinski definition) is 1. The second-order valence-electron chi connectivity index (χ2n) is 3.94. The molecule has 0 atom stereocenters. The number of anilines is 1. The zero-order valence-corrected chi connectivity index (χ0v) is 11.3. The number of nitrogens with one attached hydrogen (secondary N) is 1. The first kappa shape index (κ1) is 15.1. The molecule has 1 aromatic rings. The third kappa shape index (κ3) is 3.51. The van der Waals surface area contributed by atoms with Crippen LogP contribution in [0.5, 0.6) is 0 Å². The number of hydrogen-bond acceptors (Lipinski definition) is 5. The smallest absolute Gasteiger partial charge is 0.350 e. The summed E-state index contributed by atoms with van der Waals surface area (Å²) in [6.45, 7) is 3.88. The minimum absolute atomic E-state index is 0.190. The summed E-state index contributed by atoms with van der Waals surface area (Å²) in [4.78, 5) is 14.0. The fourth-order valence-corrected chi connectivity index (χ4v) is 1.44. The van der Waals surface area contributed by atoms with Crippen LogP contribution in [-0.4, -0.2) is 13.1 Å². The van der Waals surface area contributed by atoms with Gasteiger partial charge in [0.2, 0.25) is 0 Å². The van der Waals surface area contributed by atoms with E-state index in [0.29, 0.717) is 5.69 Å². The number of carbonyl (C=O) groups is 1. The van der Waals surface area contributed by atoms with Crippen molar-refractivity contribution in [2.45, 2.75) is 13.8 Å². The standard InChI is InChI=1S/C13H13N5O2/c1-8-4-5-10(6-9(8)2)16-12(17-18-15)11(7-14)13(19)20-3/h4-6,16H,1-3H3/b12-11+. The highest BCUT2D eigenvalue weighted by atomic mass is 16.5. The Morgan fingerprint density at radius 3 is 2.65 bits per heavy atom. The third-order valence-corrected chi connectivity index (χ3v) is 2.65. The highest BCUT2D eigenvalue weighted by Gasteiger charge is 2.15. The number of azide groups is 1. The molecule has 0 unspecified atom stereocenters. The van der Waals surface area contributed by atoms with Crippen LogP contribution in [0, 0.1) is 25.2 Å². The molecule has 0 aliphatic carbocycles. The van der Waals surface area contributed by atoms with Gasteiger partial charge in [0.05, 0.1) is 7.11 Å². The molecule has 0 aromatic heterocycles. The van der Waals surface area contributed by atoms with E-state index in [1.807, 2.05) is 26.0 Å². The van der Waals surface area contributed by atoms with Crippen molar-refractivity contribution in [2.75, 3.05) is 12.4 Å². The summed E-state index contributed by atoms with van der Waals surface area (Å²) in [7, 11) is 1.14. The first-order chi connectivity index (χ1) is 9.53. The Bertz CT molecular complexity index is 651. The molecule has 0 heterocycles. The fraction of sp³-hybridized carbons (Fsp3) is 0.231. The molecule has 0 amide bonds.